The van der Waals surface area contributed by atoms with Crippen LogP contribution in [0.4, 0.5) is 10.8 Å². The molecule has 5 nitrogen and oxygen atoms in total. The molecule has 2 rings (SSSR count). The van der Waals surface area contributed by atoms with Gasteiger partial charge in [0.1, 0.15) is 0 Å². The second-order valence-corrected chi connectivity index (χ2v) is 6.28. The number of halogens is 2. The maximum Gasteiger partial charge on any atom is 0.230 e. The number of benzene rings is 1. The monoisotopic (exact) mass is 389 g/mol. The summed E-state index contributed by atoms with van der Waals surface area (Å²) in [6, 6.07) is 3.36. The minimum Gasteiger partial charge on any atom is -0.491 e. The van der Waals surface area contributed by atoms with Gasteiger partial charge in [0.05, 0.1) is 28.9 Å². The molecular weight excluding hydrogens is 378 g/mol. The third kappa shape index (κ3) is 4.33. The number of nitrogens with one attached hydrogen (secondary N) is 1. The van der Waals surface area contributed by atoms with E-state index in [1.165, 1.54) is 11.3 Å². The first-order valence-corrected chi connectivity index (χ1v) is 8.16. The van der Waals surface area contributed by atoms with Gasteiger partial charge in [-0.1, -0.05) is 11.6 Å². The Balaban J connectivity index is 2.16. The Morgan fingerprint density at radius 2 is 2.33 bits per heavy atom. The van der Waals surface area contributed by atoms with E-state index in [2.05, 4.69) is 26.2 Å². The van der Waals surface area contributed by atoms with Gasteiger partial charge in [-0.25, -0.2) is 4.98 Å². The fraction of sp³-hybridized carbons (Fsp3) is 0.231. The summed E-state index contributed by atoms with van der Waals surface area (Å²) in [4.78, 5) is 16.1. The van der Waals surface area contributed by atoms with Crippen LogP contribution in [0.15, 0.2) is 22.0 Å². The summed E-state index contributed by atoms with van der Waals surface area (Å²) in [6.07, 6.45) is 0.142. The lowest BCUT2D eigenvalue weighted by molar-refractivity contribution is -0.115. The normalized spacial score (nSPS) is 10.4. The van der Waals surface area contributed by atoms with Crippen molar-refractivity contribution in [3.05, 3.63) is 32.7 Å². The standard InChI is InChI=1S/C13H13BrClN3O2S/c1-2-20-12-9(14)3-7(15)4-10(12)18-11(19)5-8-6-21-13(16)17-8/h3-4,6H,2,5H2,1H3,(H2,16,17)(H,18,19). The van der Waals surface area contributed by atoms with E-state index in [1.807, 2.05) is 6.92 Å². The van der Waals surface area contributed by atoms with E-state index >= 15 is 0 Å². The maximum atomic E-state index is 12.1. The molecule has 0 unspecified atom stereocenters. The van der Waals surface area contributed by atoms with Crippen molar-refractivity contribution in [3.8, 4) is 5.75 Å². The average Bonchev–Trinajstić information content (AvgIpc) is 2.78. The quantitative estimate of drug-likeness (QED) is 0.815. The fourth-order valence-corrected chi connectivity index (χ4v) is 3.19. The lowest BCUT2D eigenvalue weighted by Crippen LogP contribution is -2.15. The summed E-state index contributed by atoms with van der Waals surface area (Å²) in [5.74, 6) is 0.337. The smallest absolute Gasteiger partial charge is 0.230 e. The van der Waals surface area contributed by atoms with Gasteiger partial charge in [-0.15, -0.1) is 11.3 Å². The van der Waals surface area contributed by atoms with Crippen LogP contribution in [0.2, 0.25) is 5.02 Å². The van der Waals surface area contributed by atoms with E-state index in [1.54, 1.807) is 17.5 Å². The van der Waals surface area contributed by atoms with Gasteiger partial charge < -0.3 is 15.8 Å². The zero-order chi connectivity index (χ0) is 15.4. The second kappa shape index (κ2) is 7.11. The van der Waals surface area contributed by atoms with Gasteiger partial charge in [0, 0.05) is 10.4 Å². The number of rotatable bonds is 5. The van der Waals surface area contributed by atoms with Crippen molar-refractivity contribution >= 4 is 55.6 Å². The van der Waals surface area contributed by atoms with Crippen LogP contribution in [-0.2, 0) is 11.2 Å². The Morgan fingerprint density at radius 3 is 2.95 bits per heavy atom. The molecule has 1 aromatic carbocycles. The number of hydrogen-bond acceptors (Lipinski definition) is 5. The van der Waals surface area contributed by atoms with Crippen molar-refractivity contribution in [1.29, 1.82) is 0 Å². The number of amides is 1. The van der Waals surface area contributed by atoms with Gasteiger partial charge in [0.25, 0.3) is 0 Å². The summed E-state index contributed by atoms with van der Waals surface area (Å²) in [7, 11) is 0. The van der Waals surface area contributed by atoms with Gasteiger partial charge in [-0.3, -0.25) is 4.79 Å². The van der Waals surface area contributed by atoms with Crippen LogP contribution in [-0.4, -0.2) is 17.5 Å². The van der Waals surface area contributed by atoms with E-state index in [9.17, 15) is 4.79 Å². The predicted octanol–water partition coefficient (Wildman–Crippen LogP) is 3.72. The number of thiazole rings is 1. The van der Waals surface area contributed by atoms with Crippen LogP contribution in [0.3, 0.4) is 0 Å². The first-order valence-electron chi connectivity index (χ1n) is 6.11. The number of aromatic nitrogens is 1. The van der Waals surface area contributed by atoms with Gasteiger partial charge in [0.2, 0.25) is 5.91 Å². The Kier molecular flexibility index (Phi) is 5.44. The van der Waals surface area contributed by atoms with Gasteiger partial charge in [-0.05, 0) is 35.0 Å². The summed E-state index contributed by atoms with van der Waals surface area (Å²) >= 11 is 10.7. The summed E-state index contributed by atoms with van der Waals surface area (Å²) in [6.45, 7) is 2.34. The highest BCUT2D eigenvalue weighted by Crippen LogP contribution is 2.36. The van der Waals surface area contributed by atoms with Gasteiger partial charge in [0.15, 0.2) is 10.9 Å². The zero-order valence-corrected chi connectivity index (χ0v) is 14.3. The van der Waals surface area contributed by atoms with Crippen LogP contribution in [0.25, 0.3) is 0 Å². The van der Waals surface area contributed by atoms with Crippen LogP contribution in [0, 0.1) is 0 Å². The average molecular weight is 391 g/mol. The highest BCUT2D eigenvalue weighted by molar-refractivity contribution is 9.10. The lowest BCUT2D eigenvalue weighted by Gasteiger charge is -2.13. The van der Waals surface area contributed by atoms with Crippen molar-refractivity contribution in [2.24, 2.45) is 0 Å². The molecule has 0 saturated carbocycles. The Hall–Kier alpha value is -1.31. The Bertz CT molecular complexity index is 663. The molecule has 0 spiro atoms. The number of ether oxygens (including phenoxy) is 1. The number of hydrogen-bond donors (Lipinski definition) is 2. The molecule has 21 heavy (non-hydrogen) atoms. The highest BCUT2D eigenvalue weighted by Gasteiger charge is 2.14. The number of anilines is 2. The van der Waals surface area contributed by atoms with E-state index in [0.717, 1.165) is 0 Å². The molecule has 8 heteroatoms. The third-order valence-corrected chi connectivity index (χ3v) is 4.01. The first kappa shape index (κ1) is 16.1. The van der Waals surface area contributed by atoms with E-state index in [4.69, 9.17) is 22.1 Å². The van der Waals surface area contributed by atoms with Gasteiger partial charge >= 0.3 is 0 Å². The Morgan fingerprint density at radius 1 is 1.57 bits per heavy atom. The molecule has 112 valence electrons. The fourth-order valence-electron chi connectivity index (χ4n) is 1.71. The van der Waals surface area contributed by atoms with Crippen molar-refractivity contribution in [1.82, 2.24) is 4.98 Å². The summed E-state index contributed by atoms with van der Waals surface area (Å²) in [5, 5.41) is 5.48. The minimum atomic E-state index is -0.213. The molecule has 1 heterocycles. The van der Waals surface area contributed by atoms with Crippen molar-refractivity contribution in [2.45, 2.75) is 13.3 Å². The van der Waals surface area contributed by atoms with E-state index in [-0.39, 0.29) is 12.3 Å². The molecule has 2 aromatic rings. The SMILES string of the molecule is CCOc1c(Br)cc(Cl)cc1NC(=O)Cc1csc(N)n1. The zero-order valence-electron chi connectivity index (χ0n) is 11.2. The molecule has 0 bridgehead atoms. The number of carbonyl (C=O) groups is 1. The van der Waals surface area contributed by atoms with Crippen molar-refractivity contribution < 1.29 is 9.53 Å². The molecular formula is C13H13BrClN3O2S. The van der Waals surface area contributed by atoms with E-state index in [0.29, 0.717) is 38.4 Å². The number of nitrogens with two attached hydrogens (primary N) is 1. The maximum absolute atomic E-state index is 12.1. The second-order valence-electron chi connectivity index (χ2n) is 4.10. The molecule has 0 aliphatic rings. The molecule has 0 aliphatic carbocycles. The molecule has 0 saturated heterocycles. The summed E-state index contributed by atoms with van der Waals surface area (Å²) < 4.78 is 6.21. The van der Waals surface area contributed by atoms with Gasteiger partial charge in [-0.2, -0.15) is 0 Å². The van der Waals surface area contributed by atoms with E-state index < -0.39 is 0 Å². The molecule has 1 amide bonds. The molecule has 1 aromatic heterocycles. The topological polar surface area (TPSA) is 77.2 Å². The minimum absolute atomic E-state index is 0.142. The van der Waals surface area contributed by atoms with Crippen molar-refractivity contribution in [3.63, 3.8) is 0 Å². The first-order chi connectivity index (χ1) is 9.99. The number of nitrogen functional groups attached to an aromatic ring is 1. The van der Waals surface area contributed by atoms with Crippen LogP contribution in [0.1, 0.15) is 12.6 Å². The van der Waals surface area contributed by atoms with Crippen LogP contribution >= 0.6 is 38.9 Å². The number of nitrogens with zero attached hydrogens (tertiary/aromatic N) is 1. The Labute approximate surface area is 139 Å². The lowest BCUT2D eigenvalue weighted by atomic mass is 10.2. The molecule has 3 N–H and O–H groups in total. The van der Waals surface area contributed by atoms with Crippen molar-refractivity contribution in [2.75, 3.05) is 17.7 Å². The third-order valence-electron chi connectivity index (χ3n) is 2.48. The van der Waals surface area contributed by atoms with Crippen LogP contribution in [0.5, 0.6) is 5.75 Å². The molecule has 0 atom stereocenters. The number of carbonyl (C=O) groups excluding carboxylic acids is 1. The highest BCUT2D eigenvalue weighted by atomic mass is 79.9. The summed E-state index contributed by atoms with van der Waals surface area (Å²) in [5.41, 5.74) is 6.69. The predicted molar refractivity (Wildman–Crippen MR) is 89.2 cm³/mol. The molecule has 0 radical (unpaired) electrons. The molecule has 0 fully saturated rings. The van der Waals surface area contributed by atoms with Crippen LogP contribution < -0.4 is 15.8 Å². The molecule has 0 aliphatic heterocycles. The largest absolute Gasteiger partial charge is 0.491 e.